The largest absolute Gasteiger partial charge is 0.496 e. The second kappa shape index (κ2) is 5.69. The van der Waals surface area contributed by atoms with E-state index in [-0.39, 0.29) is 5.91 Å². The van der Waals surface area contributed by atoms with Gasteiger partial charge in [-0.15, -0.1) is 0 Å². The summed E-state index contributed by atoms with van der Waals surface area (Å²) < 4.78 is 5.25. The number of rotatable bonds is 2. The van der Waals surface area contributed by atoms with E-state index in [9.17, 15) is 4.79 Å². The van der Waals surface area contributed by atoms with Crippen LogP contribution in [0.5, 0.6) is 5.75 Å². The number of nitrogens with zero attached hydrogens (tertiary/aromatic N) is 3. The average molecular weight is 304 g/mol. The van der Waals surface area contributed by atoms with E-state index in [0.29, 0.717) is 29.4 Å². The number of hydrogen-bond acceptors (Lipinski definition) is 4. The summed E-state index contributed by atoms with van der Waals surface area (Å²) in [6, 6.07) is 5.05. The number of aromatic nitrogens is 2. The predicted octanol–water partition coefficient (Wildman–Crippen LogP) is 2.34. The Morgan fingerprint density at radius 2 is 2.29 bits per heavy atom. The Hall–Kier alpha value is -2.14. The van der Waals surface area contributed by atoms with Crippen molar-refractivity contribution in [1.82, 2.24) is 14.9 Å². The Morgan fingerprint density at radius 1 is 1.43 bits per heavy atom. The second-order valence-electron chi connectivity index (χ2n) is 4.82. The van der Waals surface area contributed by atoms with Crippen molar-refractivity contribution in [1.29, 1.82) is 0 Å². The highest BCUT2D eigenvalue weighted by atomic mass is 35.5. The molecule has 21 heavy (non-hydrogen) atoms. The van der Waals surface area contributed by atoms with Crippen LogP contribution in [0, 0.1) is 0 Å². The van der Waals surface area contributed by atoms with E-state index in [2.05, 4.69) is 9.97 Å². The third-order valence-electron chi connectivity index (χ3n) is 3.54. The van der Waals surface area contributed by atoms with E-state index in [4.69, 9.17) is 16.3 Å². The van der Waals surface area contributed by atoms with Crippen molar-refractivity contribution in [2.75, 3.05) is 13.7 Å². The molecule has 108 valence electrons. The smallest absolute Gasteiger partial charge is 0.257 e. The lowest BCUT2D eigenvalue weighted by Crippen LogP contribution is -2.36. The summed E-state index contributed by atoms with van der Waals surface area (Å²) in [7, 11) is 1.54. The van der Waals surface area contributed by atoms with E-state index in [1.807, 2.05) is 0 Å². The number of methoxy groups -OCH3 is 1. The lowest BCUT2D eigenvalue weighted by atomic mass is 10.1. The Labute approximate surface area is 127 Å². The fourth-order valence-electron chi connectivity index (χ4n) is 2.46. The SMILES string of the molecule is COc1ccc(Cl)cc1C(=O)N1CCc2ncncc2C1. The van der Waals surface area contributed by atoms with Crippen molar-refractivity contribution in [3.05, 3.63) is 52.6 Å². The van der Waals surface area contributed by atoms with E-state index in [1.165, 1.54) is 6.33 Å². The molecule has 0 N–H and O–H groups in total. The predicted molar refractivity (Wildman–Crippen MR) is 78.5 cm³/mol. The zero-order valence-corrected chi connectivity index (χ0v) is 12.3. The first-order valence-corrected chi connectivity index (χ1v) is 6.97. The molecule has 0 fully saturated rings. The van der Waals surface area contributed by atoms with E-state index >= 15 is 0 Å². The number of fused-ring (bicyclic) bond motifs is 1. The van der Waals surface area contributed by atoms with E-state index in [0.717, 1.165) is 17.7 Å². The molecule has 2 aromatic rings. The van der Waals surface area contributed by atoms with Crippen LogP contribution in [0.4, 0.5) is 0 Å². The minimum absolute atomic E-state index is 0.0937. The number of carbonyl (C=O) groups excluding carboxylic acids is 1. The van der Waals surface area contributed by atoms with Gasteiger partial charge in [0, 0.05) is 36.3 Å². The quantitative estimate of drug-likeness (QED) is 0.854. The van der Waals surface area contributed by atoms with Gasteiger partial charge in [-0.2, -0.15) is 0 Å². The maximum Gasteiger partial charge on any atom is 0.257 e. The molecule has 2 heterocycles. The van der Waals surface area contributed by atoms with Gasteiger partial charge in [-0.3, -0.25) is 4.79 Å². The van der Waals surface area contributed by atoms with Crippen LogP contribution in [0.25, 0.3) is 0 Å². The molecular weight excluding hydrogens is 290 g/mol. The molecule has 0 atom stereocenters. The molecule has 1 aliphatic rings. The number of amides is 1. The molecule has 1 aromatic carbocycles. The minimum atomic E-state index is -0.0937. The van der Waals surface area contributed by atoms with E-state index in [1.54, 1.807) is 36.4 Å². The molecular formula is C15H14ClN3O2. The van der Waals surface area contributed by atoms with Crippen LogP contribution in [0.1, 0.15) is 21.6 Å². The van der Waals surface area contributed by atoms with Crippen LogP contribution in [0.2, 0.25) is 5.02 Å². The van der Waals surface area contributed by atoms with Gasteiger partial charge in [0.15, 0.2) is 0 Å². The van der Waals surface area contributed by atoms with E-state index < -0.39 is 0 Å². The van der Waals surface area contributed by atoms with Gasteiger partial charge in [0.2, 0.25) is 0 Å². The van der Waals surface area contributed by atoms with Crippen LogP contribution < -0.4 is 4.74 Å². The normalized spacial score (nSPS) is 13.7. The molecule has 0 aliphatic carbocycles. The topological polar surface area (TPSA) is 55.3 Å². The van der Waals surface area contributed by atoms with Gasteiger partial charge in [-0.25, -0.2) is 9.97 Å². The molecule has 5 nitrogen and oxygen atoms in total. The average Bonchev–Trinajstić information content (AvgIpc) is 2.53. The molecule has 1 aliphatic heterocycles. The third kappa shape index (κ3) is 2.69. The molecule has 0 saturated carbocycles. The summed E-state index contributed by atoms with van der Waals surface area (Å²) in [4.78, 5) is 22.7. The maximum atomic E-state index is 12.7. The molecule has 1 amide bonds. The Balaban J connectivity index is 1.89. The highest BCUT2D eigenvalue weighted by molar-refractivity contribution is 6.31. The summed E-state index contributed by atoms with van der Waals surface area (Å²) in [6.45, 7) is 1.13. The monoisotopic (exact) mass is 303 g/mol. The number of benzene rings is 1. The molecule has 6 heteroatoms. The summed E-state index contributed by atoms with van der Waals surface area (Å²) in [5, 5.41) is 0.514. The first-order valence-electron chi connectivity index (χ1n) is 6.59. The number of ether oxygens (including phenoxy) is 1. The minimum Gasteiger partial charge on any atom is -0.496 e. The standard InChI is InChI=1S/C15H14ClN3O2/c1-21-14-3-2-11(16)6-12(14)15(20)19-5-4-13-10(8-19)7-17-9-18-13/h2-3,6-7,9H,4-5,8H2,1H3. The van der Waals surface area contributed by atoms with Gasteiger partial charge < -0.3 is 9.64 Å². The highest BCUT2D eigenvalue weighted by Crippen LogP contribution is 2.26. The molecule has 3 rings (SSSR count). The molecule has 0 radical (unpaired) electrons. The van der Waals surface area contributed by atoms with Gasteiger partial charge in [0.25, 0.3) is 5.91 Å². The van der Waals surface area contributed by atoms with Gasteiger partial charge >= 0.3 is 0 Å². The molecule has 0 saturated heterocycles. The maximum absolute atomic E-state index is 12.7. The van der Waals surface area contributed by atoms with Crippen molar-refractivity contribution < 1.29 is 9.53 Å². The summed E-state index contributed by atoms with van der Waals surface area (Å²) in [5.74, 6) is 0.434. The van der Waals surface area contributed by atoms with Crippen molar-refractivity contribution in [3.8, 4) is 5.75 Å². The lowest BCUT2D eigenvalue weighted by molar-refractivity contribution is 0.0730. The molecule has 0 bridgehead atoms. The first-order chi connectivity index (χ1) is 10.2. The highest BCUT2D eigenvalue weighted by Gasteiger charge is 2.24. The first kappa shape index (κ1) is 13.8. The number of halogens is 1. The Morgan fingerprint density at radius 3 is 3.10 bits per heavy atom. The van der Waals surface area contributed by atoms with Crippen molar-refractivity contribution >= 4 is 17.5 Å². The fraction of sp³-hybridized carbons (Fsp3) is 0.267. The molecule has 1 aromatic heterocycles. The molecule has 0 spiro atoms. The Kier molecular flexibility index (Phi) is 3.75. The Bertz CT molecular complexity index is 690. The zero-order valence-electron chi connectivity index (χ0n) is 11.5. The van der Waals surface area contributed by atoms with Crippen LogP contribution in [-0.2, 0) is 13.0 Å². The number of hydrogen-bond donors (Lipinski definition) is 0. The summed E-state index contributed by atoms with van der Waals surface area (Å²) in [6.07, 6.45) is 4.03. The van der Waals surface area contributed by atoms with Crippen LogP contribution in [-0.4, -0.2) is 34.4 Å². The fourth-order valence-corrected chi connectivity index (χ4v) is 2.63. The van der Waals surface area contributed by atoms with Crippen molar-refractivity contribution in [3.63, 3.8) is 0 Å². The van der Waals surface area contributed by atoms with Crippen LogP contribution in [0.3, 0.4) is 0 Å². The second-order valence-corrected chi connectivity index (χ2v) is 5.25. The van der Waals surface area contributed by atoms with Gasteiger partial charge in [0.1, 0.15) is 12.1 Å². The van der Waals surface area contributed by atoms with Gasteiger partial charge in [0.05, 0.1) is 18.4 Å². The molecule has 0 unspecified atom stereocenters. The summed E-state index contributed by atoms with van der Waals surface area (Å²) >= 11 is 5.99. The van der Waals surface area contributed by atoms with Crippen molar-refractivity contribution in [2.24, 2.45) is 0 Å². The van der Waals surface area contributed by atoms with Crippen LogP contribution >= 0.6 is 11.6 Å². The van der Waals surface area contributed by atoms with Crippen molar-refractivity contribution in [2.45, 2.75) is 13.0 Å². The van der Waals surface area contributed by atoms with Gasteiger partial charge in [-0.05, 0) is 18.2 Å². The lowest BCUT2D eigenvalue weighted by Gasteiger charge is -2.28. The number of carbonyl (C=O) groups is 1. The zero-order chi connectivity index (χ0) is 14.8. The van der Waals surface area contributed by atoms with Gasteiger partial charge in [-0.1, -0.05) is 11.6 Å². The third-order valence-corrected chi connectivity index (χ3v) is 3.78. The summed E-state index contributed by atoms with van der Waals surface area (Å²) in [5.41, 5.74) is 2.47. The van der Waals surface area contributed by atoms with Crippen LogP contribution in [0.15, 0.2) is 30.7 Å².